The molecule has 5 nitrogen and oxygen atoms in total. The van der Waals surface area contributed by atoms with Crippen LogP contribution < -0.4 is 10.6 Å². The number of likely N-dealkylation sites (N-methyl/N-ethyl adjacent to an activating group) is 1. The Morgan fingerprint density at radius 2 is 2.11 bits per heavy atom. The van der Waals surface area contributed by atoms with Crippen molar-refractivity contribution in [3.8, 4) is 0 Å². The van der Waals surface area contributed by atoms with Gasteiger partial charge in [0.1, 0.15) is 0 Å². The van der Waals surface area contributed by atoms with Gasteiger partial charge in [-0.3, -0.25) is 9.59 Å². The number of hydrogen-bond acceptors (Lipinski definition) is 3. The summed E-state index contributed by atoms with van der Waals surface area (Å²) < 4.78 is 0. The Labute approximate surface area is 120 Å². The summed E-state index contributed by atoms with van der Waals surface area (Å²) in [5.41, 5.74) is 0. The fourth-order valence-electron chi connectivity index (χ4n) is 2.77. The Morgan fingerprint density at radius 1 is 1.42 bits per heavy atom. The van der Waals surface area contributed by atoms with E-state index in [1.165, 1.54) is 12.8 Å². The molecular formula is C13H24ClN3O2. The van der Waals surface area contributed by atoms with E-state index in [0.29, 0.717) is 25.3 Å². The first-order chi connectivity index (χ1) is 8.65. The van der Waals surface area contributed by atoms with Gasteiger partial charge in [0.15, 0.2) is 0 Å². The van der Waals surface area contributed by atoms with Crippen molar-refractivity contribution < 1.29 is 9.59 Å². The van der Waals surface area contributed by atoms with E-state index in [4.69, 9.17) is 0 Å². The smallest absolute Gasteiger partial charge is 0.224 e. The molecular weight excluding hydrogens is 266 g/mol. The quantitative estimate of drug-likeness (QED) is 0.794. The number of rotatable bonds is 4. The van der Waals surface area contributed by atoms with Crippen LogP contribution in [0.3, 0.4) is 0 Å². The molecule has 0 bridgehead atoms. The Balaban J connectivity index is 0.00000180. The Morgan fingerprint density at radius 3 is 2.68 bits per heavy atom. The zero-order valence-electron chi connectivity index (χ0n) is 11.5. The maximum absolute atomic E-state index is 11.8. The molecule has 110 valence electrons. The molecule has 0 saturated carbocycles. The number of amides is 2. The van der Waals surface area contributed by atoms with Crippen LogP contribution in [0.25, 0.3) is 0 Å². The second-order valence-corrected chi connectivity index (χ2v) is 5.47. The zero-order valence-corrected chi connectivity index (χ0v) is 12.3. The van der Waals surface area contributed by atoms with E-state index in [-0.39, 0.29) is 30.3 Å². The van der Waals surface area contributed by atoms with Gasteiger partial charge in [0, 0.05) is 26.4 Å². The van der Waals surface area contributed by atoms with E-state index in [2.05, 4.69) is 10.6 Å². The summed E-state index contributed by atoms with van der Waals surface area (Å²) in [6, 6.07) is 0.0167. The highest BCUT2D eigenvalue weighted by Crippen LogP contribution is 2.17. The Kier molecular flexibility index (Phi) is 6.58. The van der Waals surface area contributed by atoms with Crippen LogP contribution in [0.4, 0.5) is 0 Å². The molecule has 2 heterocycles. The van der Waals surface area contributed by atoms with Crippen LogP contribution in [0, 0.1) is 5.92 Å². The van der Waals surface area contributed by atoms with E-state index >= 15 is 0 Å². The van der Waals surface area contributed by atoms with Crippen molar-refractivity contribution >= 4 is 24.2 Å². The molecule has 0 aromatic rings. The van der Waals surface area contributed by atoms with Gasteiger partial charge in [0.25, 0.3) is 0 Å². The fourth-order valence-corrected chi connectivity index (χ4v) is 2.77. The molecule has 19 heavy (non-hydrogen) atoms. The lowest BCUT2D eigenvalue weighted by Crippen LogP contribution is -2.37. The molecule has 2 aliphatic heterocycles. The maximum Gasteiger partial charge on any atom is 0.224 e. The lowest BCUT2D eigenvalue weighted by Gasteiger charge is -2.22. The van der Waals surface area contributed by atoms with Gasteiger partial charge in [0.05, 0.1) is 6.04 Å². The number of nitrogens with one attached hydrogen (secondary N) is 2. The van der Waals surface area contributed by atoms with Gasteiger partial charge in [-0.15, -0.1) is 12.4 Å². The Bertz CT molecular complexity index is 319. The highest BCUT2D eigenvalue weighted by Gasteiger charge is 2.27. The van der Waals surface area contributed by atoms with Gasteiger partial charge in [-0.25, -0.2) is 0 Å². The second-order valence-electron chi connectivity index (χ2n) is 5.47. The third kappa shape index (κ3) is 4.99. The second kappa shape index (κ2) is 7.70. The summed E-state index contributed by atoms with van der Waals surface area (Å²) in [6.45, 7) is 2.81. The number of hydrogen-bond donors (Lipinski definition) is 2. The first-order valence-electron chi connectivity index (χ1n) is 6.89. The van der Waals surface area contributed by atoms with Crippen LogP contribution in [0.15, 0.2) is 0 Å². The molecule has 1 unspecified atom stereocenters. The predicted molar refractivity (Wildman–Crippen MR) is 76.3 cm³/mol. The van der Waals surface area contributed by atoms with E-state index in [1.807, 2.05) is 0 Å². The number of nitrogens with zero attached hydrogens (tertiary/aromatic N) is 1. The molecule has 2 aliphatic rings. The normalized spacial score (nSPS) is 24.2. The first kappa shape index (κ1) is 16.2. The van der Waals surface area contributed by atoms with Gasteiger partial charge in [-0.1, -0.05) is 0 Å². The molecule has 0 aromatic heterocycles. The van der Waals surface area contributed by atoms with Gasteiger partial charge in [-0.05, 0) is 38.3 Å². The molecule has 0 spiro atoms. The fraction of sp³-hybridized carbons (Fsp3) is 0.846. The highest BCUT2D eigenvalue weighted by molar-refractivity contribution is 5.85. The topological polar surface area (TPSA) is 61.4 Å². The minimum Gasteiger partial charge on any atom is -0.351 e. The van der Waals surface area contributed by atoms with Gasteiger partial charge < -0.3 is 15.5 Å². The lowest BCUT2D eigenvalue weighted by atomic mass is 9.93. The minimum absolute atomic E-state index is 0. The summed E-state index contributed by atoms with van der Waals surface area (Å²) in [7, 11) is 1.78. The number of piperidine rings is 1. The van der Waals surface area contributed by atoms with Crippen molar-refractivity contribution in [3.05, 3.63) is 0 Å². The van der Waals surface area contributed by atoms with E-state index < -0.39 is 0 Å². The largest absolute Gasteiger partial charge is 0.351 e. The van der Waals surface area contributed by atoms with Crippen LogP contribution in [0.1, 0.15) is 32.1 Å². The van der Waals surface area contributed by atoms with Gasteiger partial charge >= 0.3 is 0 Å². The van der Waals surface area contributed by atoms with Crippen LogP contribution >= 0.6 is 12.4 Å². The molecule has 1 atom stereocenters. The SMILES string of the molecule is CN1CC(NC(=O)CCC2CCNCC2)CC1=O.Cl. The van der Waals surface area contributed by atoms with Crippen LogP contribution in [0.5, 0.6) is 0 Å². The number of halogens is 1. The number of carbonyl (C=O) groups excluding carboxylic acids is 2. The number of carbonyl (C=O) groups is 2. The first-order valence-corrected chi connectivity index (χ1v) is 6.89. The van der Waals surface area contributed by atoms with Crippen molar-refractivity contribution in [2.45, 2.75) is 38.1 Å². The summed E-state index contributed by atoms with van der Waals surface area (Å²) in [6.07, 6.45) is 4.38. The molecule has 0 radical (unpaired) electrons. The molecule has 0 aliphatic carbocycles. The molecule has 2 amide bonds. The molecule has 2 N–H and O–H groups in total. The van der Waals surface area contributed by atoms with Crippen molar-refractivity contribution in [2.24, 2.45) is 5.92 Å². The third-order valence-corrected chi connectivity index (χ3v) is 3.94. The molecule has 2 saturated heterocycles. The molecule has 0 aromatic carbocycles. The average molecular weight is 290 g/mol. The van der Waals surface area contributed by atoms with Crippen molar-refractivity contribution in [2.75, 3.05) is 26.7 Å². The highest BCUT2D eigenvalue weighted by atomic mass is 35.5. The minimum atomic E-state index is 0. The molecule has 2 fully saturated rings. The van der Waals surface area contributed by atoms with Gasteiger partial charge in [-0.2, -0.15) is 0 Å². The standard InChI is InChI=1S/C13H23N3O2.ClH/c1-16-9-11(8-13(16)18)15-12(17)3-2-10-4-6-14-7-5-10;/h10-11,14H,2-9H2,1H3,(H,15,17);1H. The maximum atomic E-state index is 11.8. The average Bonchev–Trinajstić information content (AvgIpc) is 2.67. The van der Waals surface area contributed by atoms with Crippen molar-refractivity contribution in [1.29, 1.82) is 0 Å². The van der Waals surface area contributed by atoms with Crippen LogP contribution in [-0.4, -0.2) is 49.4 Å². The Hall–Kier alpha value is -0.810. The molecule has 6 heteroatoms. The summed E-state index contributed by atoms with van der Waals surface area (Å²) >= 11 is 0. The summed E-state index contributed by atoms with van der Waals surface area (Å²) in [5, 5.41) is 6.29. The number of likely N-dealkylation sites (tertiary alicyclic amines) is 1. The molecule has 2 rings (SSSR count). The van der Waals surface area contributed by atoms with E-state index in [1.54, 1.807) is 11.9 Å². The van der Waals surface area contributed by atoms with Crippen LogP contribution in [-0.2, 0) is 9.59 Å². The lowest BCUT2D eigenvalue weighted by molar-refractivity contribution is -0.126. The van der Waals surface area contributed by atoms with E-state index in [9.17, 15) is 9.59 Å². The zero-order chi connectivity index (χ0) is 13.0. The monoisotopic (exact) mass is 289 g/mol. The van der Waals surface area contributed by atoms with Crippen molar-refractivity contribution in [3.63, 3.8) is 0 Å². The summed E-state index contributed by atoms with van der Waals surface area (Å²) in [5.74, 6) is 0.908. The van der Waals surface area contributed by atoms with Gasteiger partial charge in [0.2, 0.25) is 11.8 Å². The predicted octanol–water partition coefficient (Wildman–Crippen LogP) is 0.535. The van der Waals surface area contributed by atoms with Crippen LogP contribution in [0.2, 0.25) is 0 Å². The van der Waals surface area contributed by atoms with Crippen molar-refractivity contribution in [1.82, 2.24) is 15.5 Å². The summed E-state index contributed by atoms with van der Waals surface area (Å²) in [4.78, 5) is 24.8. The third-order valence-electron chi connectivity index (χ3n) is 3.94. The van der Waals surface area contributed by atoms with E-state index in [0.717, 1.165) is 19.5 Å².